The van der Waals surface area contributed by atoms with Crippen LogP contribution in [0, 0.1) is 0 Å². The van der Waals surface area contributed by atoms with Crippen molar-refractivity contribution in [2.45, 2.75) is 13.5 Å². The predicted molar refractivity (Wildman–Crippen MR) is 90.3 cm³/mol. The van der Waals surface area contributed by atoms with Gasteiger partial charge in [-0.15, -0.1) is 0 Å². The normalized spacial score (nSPS) is 10.6. The van der Waals surface area contributed by atoms with Crippen molar-refractivity contribution in [3.63, 3.8) is 0 Å². The van der Waals surface area contributed by atoms with Crippen LogP contribution in [-0.4, -0.2) is 54.0 Å². The lowest BCUT2D eigenvalue weighted by Gasteiger charge is -2.08. The summed E-state index contributed by atoms with van der Waals surface area (Å²) in [5, 5.41) is 9.06. The van der Waals surface area contributed by atoms with Gasteiger partial charge in [0.05, 0.1) is 0 Å². The molecule has 2 aromatic rings. The van der Waals surface area contributed by atoms with Crippen LogP contribution in [0.15, 0.2) is 28.8 Å². The van der Waals surface area contributed by atoms with Crippen LogP contribution in [0.3, 0.4) is 0 Å². The molecule has 134 valence electrons. The molecule has 0 fully saturated rings. The summed E-state index contributed by atoms with van der Waals surface area (Å²) < 4.78 is 10.5. The lowest BCUT2D eigenvalue weighted by molar-refractivity contribution is -0.114. The summed E-state index contributed by atoms with van der Waals surface area (Å²) >= 11 is 0. The Kier molecular flexibility index (Phi) is 6.47. The van der Waals surface area contributed by atoms with Crippen LogP contribution < -0.4 is 15.4 Å². The maximum absolute atomic E-state index is 11.9. The molecule has 9 nitrogen and oxygen atoms in total. The highest BCUT2D eigenvalue weighted by molar-refractivity contribution is 5.89. The molecule has 0 aliphatic heterocycles. The Morgan fingerprint density at radius 2 is 2.12 bits per heavy atom. The number of nitrogens with zero attached hydrogens (tertiary/aromatic N) is 3. The van der Waals surface area contributed by atoms with Gasteiger partial charge < -0.3 is 24.8 Å². The van der Waals surface area contributed by atoms with Gasteiger partial charge in [0, 0.05) is 31.8 Å². The van der Waals surface area contributed by atoms with Crippen molar-refractivity contribution in [3.05, 3.63) is 36.0 Å². The van der Waals surface area contributed by atoms with Crippen LogP contribution in [0.4, 0.5) is 5.69 Å². The molecule has 25 heavy (non-hydrogen) atoms. The molecule has 9 heteroatoms. The van der Waals surface area contributed by atoms with Gasteiger partial charge in [-0.25, -0.2) is 0 Å². The number of ether oxygens (including phenoxy) is 1. The van der Waals surface area contributed by atoms with Crippen molar-refractivity contribution in [2.75, 3.05) is 32.5 Å². The fourth-order valence-corrected chi connectivity index (χ4v) is 1.89. The van der Waals surface area contributed by atoms with E-state index in [4.69, 9.17) is 9.26 Å². The van der Waals surface area contributed by atoms with Crippen molar-refractivity contribution in [1.29, 1.82) is 0 Å². The second-order valence-corrected chi connectivity index (χ2v) is 5.57. The first-order chi connectivity index (χ1) is 11.9. The van der Waals surface area contributed by atoms with Gasteiger partial charge in [0.25, 0.3) is 0 Å². The third kappa shape index (κ3) is 6.22. The lowest BCUT2D eigenvalue weighted by atomic mass is 10.3. The summed E-state index contributed by atoms with van der Waals surface area (Å²) in [5.41, 5.74) is 0.624. The number of carbonyl (C=O) groups excluding carboxylic acids is 2. The second kappa shape index (κ2) is 8.78. The summed E-state index contributed by atoms with van der Waals surface area (Å²) in [7, 11) is 3.82. The Bertz CT molecular complexity index is 729. The Hall–Kier alpha value is -2.94. The van der Waals surface area contributed by atoms with E-state index in [2.05, 4.69) is 20.8 Å². The molecule has 0 spiro atoms. The average Bonchev–Trinajstić information content (AvgIpc) is 3.01. The highest BCUT2D eigenvalue weighted by Gasteiger charge is 2.15. The smallest absolute Gasteiger partial charge is 0.316 e. The number of anilines is 1. The minimum absolute atomic E-state index is 0.0397. The Morgan fingerprint density at radius 3 is 2.84 bits per heavy atom. The largest absolute Gasteiger partial charge is 0.485 e. The second-order valence-electron chi connectivity index (χ2n) is 5.57. The van der Waals surface area contributed by atoms with E-state index in [0.717, 1.165) is 0 Å². The Labute approximate surface area is 145 Å². The summed E-state index contributed by atoms with van der Waals surface area (Å²) in [4.78, 5) is 28.9. The first kappa shape index (κ1) is 18.4. The van der Waals surface area contributed by atoms with E-state index in [-0.39, 0.29) is 24.2 Å². The highest BCUT2D eigenvalue weighted by Crippen LogP contribution is 2.18. The van der Waals surface area contributed by atoms with Gasteiger partial charge in [-0.1, -0.05) is 11.2 Å². The molecule has 0 saturated heterocycles. The van der Waals surface area contributed by atoms with Crippen LogP contribution in [0.25, 0.3) is 0 Å². The van der Waals surface area contributed by atoms with Crippen LogP contribution in [0.5, 0.6) is 5.75 Å². The SMILES string of the molecule is CC(=O)Nc1cccc(OCc2noc(C(=O)NCCN(C)C)n2)c1. The van der Waals surface area contributed by atoms with Crippen molar-refractivity contribution in [3.8, 4) is 5.75 Å². The highest BCUT2D eigenvalue weighted by atomic mass is 16.5. The molecule has 2 N–H and O–H groups in total. The molecule has 1 heterocycles. The number of nitrogens with one attached hydrogen (secondary N) is 2. The number of carbonyl (C=O) groups is 2. The van der Waals surface area contributed by atoms with Crippen molar-refractivity contribution in [2.24, 2.45) is 0 Å². The molecule has 1 aromatic carbocycles. The van der Waals surface area contributed by atoms with Crippen LogP contribution in [-0.2, 0) is 11.4 Å². The van der Waals surface area contributed by atoms with Gasteiger partial charge in [0.2, 0.25) is 11.7 Å². The first-order valence-corrected chi connectivity index (χ1v) is 7.70. The van der Waals surface area contributed by atoms with Gasteiger partial charge in [-0.3, -0.25) is 9.59 Å². The zero-order chi connectivity index (χ0) is 18.2. The van der Waals surface area contributed by atoms with Gasteiger partial charge in [0.1, 0.15) is 5.75 Å². The van der Waals surface area contributed by atoms with Gasteiger partial charge in [0.15, 0.2) is 6.61 Å². The molecule has 0 unspecified atom stereocenters. The van der Waals surface area contributed by atoms with Crippen LogP contribution >= 0.6 is 0 Å². The zero-order valence-electron chi connectivity index (χ0n) is 14.4. The summed E-state index contributed by atoms with van der Waals surface area (Å²) in [5.74, 6) is 0.0913. The fourth-order valence-electron chi connectivity index (χ4n) is 1.89. The summed E-state index contributed by atoms with van der Waals surface area (Å²) in [6, 6.07) is 6.91. The maximum Gasteiger partial charge on any atom is 0.316 e. The minimum atomic E-state index is -0.423. The standard InChI is InChI=1S/C16H21N5O4/c1-11(22)18-12-5-4-6-13(9-12)24-10-14-19-16(25-20-14)15(23)17-7-8-21(2)3/h4-6,9H,7-8,10H2,1-3H3,(H,17,23)(H,18,22). The van der Waals surface area contributed by atoms with Gasteiger partial charge >= 0.3 is 11.8 Å². The van der Waals surface area contributed by atoms with E-state index in [0.29, 0.717) is 24.5 Å². The predicted octanol–water partition coefficient (Wildman–Crippen LogP) is 0.898. The number of aromatic nitrogens is 2. The Balaban J connectivity index is 1.87. The lowest BCUT2D eigenvalue weighted by Crippen LogP contribution is -2.31. The van der Waals surface area contributed by atoms with E-state index < -0.39 is 5.91 Å². The third-order valence-electron chi connectivity index (χ3n) is 3.03. The molecular formula is C16H21N5O4. The van der Waals surface area contributed by atoms with Crippen LogP contribution in [0.1, 0.15) is 23.4 Å². The molecule has 0 radical (unpaired) electrons. The molecule has 0 aliphatic carbocycles. The first-order valence-electron chi connectivity index (χ1n) is 7.70. The summed E-state index contributed by atoms with van der Waals surface area (Å²) in [6.07, 6.45) is 0. The van der Waals surface area contributed by atoms with E-state index in [1.165, 1.54) is 6.92 Å². The maximum atomic E-state index is 11.9. The fraction of sp³-hybridized carbons (Fsp3) is 0.375. The van der Waals surface area contributed by atoms with Crippen molar-refractivity contribution in [1.82, 2.24) is 20.4 Å². The zero-order valence-corrected chi connectivity index (χ0v) is 14.4. The van der Waals surface area contributed by atoms with E-state index in [9.17, 15) is 9.59 Å². The minimum Gasteiger partial charge on any atom is -0.485 e. The quantitative estimate of drug-likeness (QED) is 0.730. The number of hydrogen-bond acceptors (Lipinski definition) is 7. The molecule has 0 atom stereocenters. The number of benzene rings is 1. The molecule has 0 bridgehead atoms. The van der Waals surface area contributed by atoms with Crippen molar-refractivity contribution < 1.29 is 18.8 Å². The molecule has 0 saturated carbocycles. The van der Waals surface area contributed by atoms with Crippen LogP contribution in [0.2, 0.25) is 0 Å². The molecule has 1 aromatic heterocycles. The Morgan fingerprint density at radius 1 is 1.32 bits per heavy atom. The monoisotopic (exact) mass is 347 g/mol. The average molecular weight is 347 g/mol. The number of amides is 2. The topological polar surface area (TPSA) is 110 Å². The molecule has 0 aliphatic rings. The summed E-state index contributed by atoms with van der Waals surface area (Å²) in [6.45, 7) is 2.66. The number of rotatable bonds is 8. The van der Waals surface area contributed by atoms with E-state index in [1.807, 2.05) is 19.0 Å². The van der Waals surface area contributed by atoms with Crippen molar-refractivity contribution >= 4 is 17.5 Å². The van der Waals surface area contributed by atoms with Gasteiger partial charge in [-0.05, 0) is 26.2 Å². The molecule has 2 amide bonds. The molecule has 2 rings (SSSR count). The number of likely N-dealkylation sites (N-methyl/N-ethyl adjacent to an activating group) is 1. The van der Waals surface area contributed by atoms with Gasteiger partial charge in [-0.2, -0.15) is 4.98 Å². The third-order valence-corrected chi connectivity index (χ3v) is 3.03. The number of hydrogen-bond donors (Lipinski definition) is 2. The molecular weight excluding hydrogens is 326 g/mol. The van der Waals surface area contributed by atoms with E-state index in [1.54, 1.807) is 24.3 Å². The van der Waals surface area contributed by atoms with E-state index >= 15 is 0 Å².